The van der Waals surface area contributed by atoms with Gasteiger partial charge in [-0.25, -0.2) is 0 Å². The first-order valence-corrected chi connectivity index (χ1v) is 4.72. The van der Waals surface area contributed by atoms with E-state index in [1.807, 2.05) is 13.8 Å². The summed E-state index contributed by atoms with van der Waals surface area (Å²) in [6.07, 6.45) is 3.24. The summed E-state index contributed by atoms with van der Waals surface area (Å²) >= 11 is 0. The van der Waals surface area contributed by atoms with Crippen LogP contribution in [0.25, 0.3) is 0 Å². The van der Waals surface area contributed by atoms with Gasteiger partial charge in [-0.1, -0.05) is 13.8 Å². The fourth-order valence-electron chi connectivity index (χ4n) is 0.761. The molecule has 0 heterocycles. The summed E-state index contributed by atoms with van der Waals surface area (Å²) in [6, 6.07) is 0. The van der Waals surface area contributed by atoms with Gasteiger partial charge < -0.3 is 10.4 Å². The van der Waals surface area contributed by atoms with E-state index in [1.165, 1.54) is 12.2 Å². The fourth-order valence-corrected chi connectivity index (χ4v) is 0.761. The minimum atomic E-state index is -0.351. The van der Waals surface area contributed by atoms with Gasteiger partial charge in [0.15, 0.2) is 5.78 Å². The van der Waals surface area contributed by atoms with Crippen molar-refractivity contribution in [2.75, 3.05) is 13.2 Å². The molecule has 0 rings (SSSR count). The van der Waals surface area contributed by atoms with E-state index < -0.39 is 0 Å². The van der Waals surface area contributed by atoms with Crippen LogP contribution in [0.3, 0.4) is 0 Å². The van der Waals surface area contributed by atoms with Crippen molar-refractivity contribution in [3.05, 3.63) is 12.2 Å². The first-order valence-electron chi connectivity index (χ1n) is 4.72. The molecule has 0 spiro atoms. The Bertz CT molecular complexity index is 229. The van der Waals surface area contributed by atoms with Crippen molar-refractivity contribution in [2.24, 2.45) is 5.92 Å². The molecule has 1 unspecified atom stereocenters. The number of nitrogens with one attached hydrogen (secondary N) is 1. The minimum Gasteiger partial charge on any atom is -0.395 e. The van der Waals surface area contributed by atoms with Crippen molar-refractivity contribution in [1.29, 1.82) is 0 Å². The summed E-state index contributed by atoms with van der Waals surface area (Å²) < 4.78 is 0. The maximum atomic E-state index is 11.2. The molecule has 2 N–H and O–H groups in total. The molecule has 0 fully saturated rings. The Kier molecular flexibility index (Phi) is 11.2. The molecule has 0 saturated carbocycles. The molecule has 0 aliphatic heterocycles. The van der Waals surface area contributed by atoms with Crippen LogP contribution in [0, 0.1) is 5.92 Å². The van der Waals surface area contributed by atoms with Gasteiger partial charge in [-0.05, 0) is 12.5 Å². The monoisotopic (exact) mass is 250 g/mol. The number of carbonyl (C=O) groups excluding carboxylic acids is 2. The molecule has 1 amide bonds. The third-order valence-corrected chi connectivity index (χ3v) is 1.91. The summed E-state index contributed by atoms with van der Waals surface area (Å²) in [5.74, 6) is -0.445. The van der Waals surface area contributed by atoms with E-state index in [9.17, 15) is 9.59 Å². The second-order valence-electron chi connectivity index (χ2n) is 3.06. The Hall–Kier alpha value is -0.576. The first-order chi connectivity index (χ1) is 6.61. The zero-order chi connectivity index (χ0) is 11.0. The number of allylic oxidation sites excluding steroid dienone is 1. The van der Waals surface area contributed by atoms with Crippen LogP contribution in [0.1, 0.15) is 20.3 Å². The van der Waals surface area contributed by atoms with Gasteiger partial charge in [-0.15, -0.1) is 0 Å². The Morgan fingerprint density at radius 3 is 2.47 bits per heavy atom. The van der Waals surface area contributed by atoms with Gasteiger partial charge in [0.05, 0.1) is 6.61 Å². The van der Waals surface area contributed by atoms with Gasteiger partial charge in [0.25, 0.3) is 0 Å². The standard InChI is InChI=1S/C10H17NO3.V/c1-3-8(2)9(13)4-5-10(14)11-6-7-12;/h4-5,8,12H,3,6-7H2,1-2H3,(H,11,14);/b5-4+;. The number of aliphatic hydroxyl groups is 1. The quantitative estimate of drug-likeness (QED) is 0.665. The van der Waals surface area contributed by atoms with Crippen LogP contribution in [0.15, 0.2) is 12.2 Å². The van der Waals surface area contributed by atoms with E-state index >= 15 is 0 Å². The molecule has 0 aliphatic carbocycles. The molecule has 0 aromatic rings. The van der Waals surface area contributed by atoms with Crippen LogP contribution < -0.4 is 5.32 Å². The molecular formula is C10H17NO3V. The third kappa shape index (κ3) is 8.42. The van der Waals surface area contributed by atoms with Gasteiger partial charge in [-0.3, -0.25) is 9.59 Å². The van der Waals surface area contributed by atoms with Crippen molar-refractivity contribution >= 4 is 11.7 Å². The van der Waals surface area contributed by atoms with E-state index in [1.54, 1.807) is 0 Å². The predicted molar refractivity (Wildman–Crippen MR) is 53.7 cm³/mol. The predicted octanol–water partition coefficient (Wildman–Crippen LogP) is 0.264. The summed E-state index contributed by atoms with van der Waals surface area (Å²) in [4.78, 5) is 22.2. The second-order valence-corrected chi connectivity index (χ2v) is 3.06. The topological polar surface area (TPSA) is 66.4 Å². The molecule has 1 radical (unpaired) electrons. The minimum absolute atomic E-state index is 0. The average Bonchev–Trinajstić information content (AvgIpc) is 2.21. The van der Waals surface area contributed by atoms with E-state index in [4.69, 9.17) is 5.11 Å². The molecule has 5 heteroatoms. The van der Waals surface area contributed by atoms with Crippen molar-refractivity contribution < 1.29 is 33.3 Å². The van der Waals surface area contributed by atoms with Crippen LogP contribution in [0.4, 0.5) is 0 Å². The normalized spacial score (nSPS) is 11.9. The number of hydrogen-bond donors (Lipinski definition) is 2. The zero-order valence-electron chi connectivity index (χ0n) is 9.06. The van der Waals surface area contributed by atoms with Gasteiger partial charge >= 0.3 is 0 Å². The van der Waals surface area contributed by atoms with Crippen LogP contribution >= 0.6 is 0 Å². The van der Waals surface area contributed by atoms with Crippen molar-refractivity contribution in [2.45, 2.75) is 20.3 Å². The van der Waals surface area contributed by atoms with Crippen LogP contribution in [-0.2, 0) is 28.1 Å². The van der Waals surface area contributed by atoms with Gasteiger partial charge in [-0.2, -0.15) is 0 Å². The summed E-state index contributed by atoms with van der Waals surface area (Å²) in [6.45, 7) is 3.85. The number of carbonyl (C=O) groups is 2. The molecule has 0 aromatic heterocycles. The summed E-state index contributed by atoms with van der Waals surface area (Å²) in [5.41, 5.74) is 0. The molecule has 0 saturated heterocycles. The zero-order valence-corrected chi connectivity index (χ0v) is 10.5. The fraction of sp³-hybridized carbons (Fsp3) is 0.600. The molecule has 0 aromatic carbocycles. The van der Waals surface area contributed by atoms with Crippen LogP contribution in [0.5, 0.6) is 0 Å². The molecule has 0 bridgehead atoms. The smallest absolute Gasteiger partial charge is 0.244 e. The molecular weight excluding hydrogens is 233 g/mol. The Balaban J connectivity index is 0. The number of rotatable bonds is 6. The molecule has 0 aliphatic rings. The van der Waals surface area contributed by atoms with Crippen LogP contribution in [-0.4, -0.2) is 29.9 Å². The maximum Gasteiger partial charge on any atom is 0.244 e. The Morgan fingerprint density at radius 2 is 2.00 bits per heavy atom. The second kappa shape index (κ2) is 9.96. The Morgan fingerprint density at radius 1 is 1.40 bits per heavy atom. The summed E-state index contributed by atoms with van der Waals surface area (Å²) in [5, 5.41) is 10.8. The van der Waals surface area contributed by atoms with E-state index in [0.29, 0.717) is 0 Å². The third-order valence-electron chi connectivity index (χ3n) is 1.91. The average molecular weight is 250 g/mol. The van der Waals surface area contributed by atoms with Gasteiger partial charge in [0, 0.05) is 37.1 Å². The van der Waals surface area contributed by atoms with Gasteiger partial charge in [0.1, 0.15) is 0 Å². The molecule has 85 valence electrons. The largest absolute Gasteiger partial charge is 0.395 e. The number of aliphatic hydroxyl groups excluding tert-OH is 1. The van der Waals surface area contributed by atoms with E-state index in [-0.39, 0.29) is 49.3 Å². The number of amides is 1. The molecule has 1 atom stereocenters. The molecule has 15 heavy (non-hydrogen) atoms. The SMILES string of the molecule is CCC(C)C(=O)/C=C/C(=O)NCCO.[V]. The number of ketones is 1. The number of hydrogen-bond acceptors (Lipinski definition) is 3. The Labute approximate surface area is 102 Å². The maximum absolute atomic E-state index is 11.2. The van der Waals surface area contributed by atoms with Gasteiger partial charge in [0.2, 0.25) is 5.91 Å². The van der Waals surface area contributed by atoms with E-state index in [2.05, 4.69) is 5.32 Å². The van der Waals surface area contributed by atoms with Crippen LogP contribution in [0.2, 0.25) is 0 Å². The van der Waals surface area contributed by atoms with Crippen molar-refractivity contribution in [1.82, 2.24) is 5.32 Å². The molecule has 4 nitrogen and oxygen atoms in total. The summed E-state index contributed by atoms with van der Waals surface area (Å²) in [7, 11) is 0. The van der Waals surface area contributed by atoms with E-state index in [0.717, 1.165) is 6.42 Å². The first kappa shape index (κ1) is 16.8. The van der Waals surface area contributed by atoms with Crippen molar-refractivity contribution in [3.63, 3.8) is 0 Å². The van der Waals surface area contributed by atoms with Crippen molar-refractivity contribution in [3.8, 4) is 0 Å².